The number of hydrogen-bond acceptors (Lipinski definition) is 3. The molecule has 3 nitrogen and oxygen atoms in total. The Morgan fingerprint density at radius 1 is 1.25 bits per heavy atom. The van der Waals surface area contributed by atoms with E-state index in [1.807, 2.05) is 42.5 Å². The molecule has 0 spiro atoms. The van der Waals surface area contributed by atoms with E-state index in [-0.39, 0.29) is 6.04 Å². The average molecular weight is 356 g/mol. The molecule has 0 aliphatic rings. The molecule has 5 heteroatoms. The Kier molecular flexibility index (Phi) is 5.29. The summed E-state index contributed by atoms with van der Waals surface area (Å²) in [5.74, 6) is 0.826. The van der Waals surface area contributed by atoms with Gasteiger partial charge in [0, 0.05) is 21.7 Å². The van der Waals surface area contributed by atoms with E-state index in [1.165, 1.54) is 0 Å². The molecule has 20 heavy (non-hydrogen) atoms. The predicted octanol–water partition coefficient (Wildman–Crippen LogP) is 4.22. The van der Waals surface area contributed by atoms with Gasteiger partial charge in [0.25, 0.3) is 0 Å². The first-order valence-corrected chi connectivity index (χ1v) is 7.36. The van der Waals surface area contributed by atoms with Crippen LogP contribution in [0.5, 0.6) is 5.75 Å². The van der Waals surface area contributed by atoms with Crippen LogP contribution >= 0.6 is 27.5 Å². The van der Waals surface area contributed by atoms with Crippen molar-refractivity contribution in [3.05, 3.63) is 57.5 Å². The molecule has 0 heterocycles. The molecule has 1 atom stereocenters. The molecule has 3 N–H and O–H groups in total. The van der Waals surface area contributed by atoms with E-state index < -0.39 is 0 Å². The topological polar surface area (TPSA) is 47.3 Å². The molecule has 2 rings (SSSR count). The fourth-order valence-electron chi connectivity index (χ4n) is 1.94. The molecule has 2 aromatic rings. The molecule has 1 unspecified atom stereocenters. The smallest absolute Gasteiger partial charge is 0.119 e. The van der Waals surface area contributed by atoms with Gasteiger partial charge in [0.2, 0.25) is 0 Å². The van der Waals surface area contributed by atoms with Crippen LogP contribution in [0.15, 0.2) is 46.9 Å². The summed E-state index contributed by atoms with van der Waals surface area (Å²) in [4.78, 5) is 0. The van der Waals surface area contributed by atoms with Crippen LogP contribution in [0.1, 0.15) is 11.6 Å². The maximum atomic E-state index is 5.96. The van der Waals surface area contributed by atoms with Crippen molar-refractivity contribution in [1.82, 2.24) is 0 Å². The number of anilines is 1. The van der Waals surface area contributed by atoms with Gasteiger partial charge in [0.05, 0.1) is 13.2 Å². The molecule has 2 aromatic carbocycles. The highest BCUT2D eigenvalue weighted by Gasteiger charge is 2.13. The lowest BCUT2D eigenvalue weighted by Crippen LogP contribution is -2.21. The van der Waals surface area contributed by atoms with Gasteiger partial charge < -0.3 is 15.8 Å². The SMILES string of the molecule is COc1ccc(NC(CN)c2ccc(Cl)cc2Br)cc1. The van der Waals surface area contributed by atoms with E-state index in [0.717, 1.165) is 21.5 Å². The molecular formula is C15H16BrClN2O. The first-order valence-electron chi connectivity index (χ1n) is 6.19. The number of rotatable bonds is 5. The molecule has 0 saturated heterocycles. The van der Waals surface area contributed by atoms with E-state index >= 15 is 0 Å². The van der Waals surface area contributed by atoms with E-state index in [9.17, 15) is 0 Å². The van der Waals surface area contributed by atoms with Crippen LogP contribution in [0.2, 0.25) is 5.02 Å². The van der Waals surface area contributed by atoms with E-state index in [4.69, 9.17) is 22.1 Å². The van der Waals surface area contributed by atoms with E-state index in [0.29, 0.717) is 11.6 Å². The summed E-state index contributed by atoms with van der Waals surface area (Å²) in [6, 6.07) is 13.5. The number of halogens is 2. The maximum Gasteiger partial charge on any atom is 0.119 e. The Balaban J connectivity index is 2.19. The van der Waals surface area contributed by atoms with Crippen molar-refractivity contribution in [2.24, 2.45) is 5.73 Å². The van der Waals surface area contributed by atoms with Crippen LogP contribution in [0.4, 0.5) is 5.69 Å². The summed E-state index contributed by atoms with van der Waals surface area (Å²) in [7, 11) is 1.65. The van der Waals surface area contributed by atoms with Crippen LogP contribution in [0.3, 0.4) is 0 Å². The quantitative estimate of drug-likeness (QED) is 0.844. The Morgan fingerprint density at radius 3 is 2.50 bits per heavy atom. The van der Waals surface area contributed by atoms with Crippen molar-refractivity contribution in [3.8, 4) is 5.75 Å². The molecule has 0 aromatic heterocycles. The number of benzene rings is 2. The summed E-state index contributed by atoms with van der Waals surface area (Å²) in [6.45, 7) is 0.478. The molecule has 0 fully saturated rings. The zero-order valence-corrected chi connectivity index (χ0v) is 13.4. The third-order valence-corrected chi connectivity index (χ3v) is 3.93. The van der Waals surface area contributed by atoms with Crippen LogP contribution in [0, 0.1) is 0 Å². The molecule has 106 valence electrons. The summed E-state index contributed by atoms with van der Waals surface area (Å²) < 4.78 is 6.09. The zero-order valence-electron chi connectivity index (χ0n) is 11.1. The molecule has 0 saturated carbocycles. The number of hydrogen-bond donors (Lipinski definition) is 2. The minimum atomic E-state index is 0.00929. The fraction of sp³-hybridized carbons (Fsp3) is 0.200. The van der Waals surface area contributed by atoms with Crippen LogP contribution in [-0.2, 0) is 0 Å². The standard InChI is InChI=1S/C15H16BrClN2O/c1-20-12-5-3-11(4-6-12)19-15(9-18)13-7-2-10(17)8-14(13)16/h2-8,15,19H,9,18H2,1H3. The Labute approximate surface area is 132 Å². The van der Waals surface area contributed by atoms with Gasteiger partial charge in [-0.25, -0.2) is 0 Å². The molecule has 0 amide bonds. The summed E-state index contributed by atoms with van der Waals surface area (Å²) >= 11 is 9.49. The van der Waals surface area contributed by atoms with Crippen molar-refractivity contribution in [2.75, 3.05) is 19.0 Å². The van der Waals surface area contributed by atoms with Crippen LogP contribution in [-0.4, -0.2) is 13.7 Å². The third kappa shape index (κ3) is 3.66. The molecule has 0 radical (unpaired) electrons. The van der Waals surface area contributed by atoms with Gasteiger partial charge in [-0.3, -0.25) is 0 Å². The summed E-state index contributed by atoms with van der Waals surface area (Å²) in [5.41, 5.74) is 7.94. The minimum absolute atomic E-state index is 0.00929. The Bertz CT molecular complexity index is 575. The van der Waals surface area contributed by atoms with Gasteiger partial charge in [-0.05, 0) is 42.0 Å². The first kappa shape index (κ1) is 15.2. The molecule has 0 bridgehead atoms. The third-order valence-electron chi connectivity index (χ3n) is 3.00. The van der Waals surface area contributed by atoms with Gasteiger partial charge in [-0.1, -0.05) is 33.6 Å². The maximum absolute atomic E-state index is 5.96. The second-order valence-electron chi connectivity index (χ2n) is 4.33. The minimum Gasteiger partial charge on any atom is -0.497 e. The number of methoxy groups -OCH3 is 1. The predicted molar refractivity (Wildman–Crippen MR) is 87.6 cm³/mol. The molecule has 0 aliphatic carbocycles. The average Bonchev–Trinajstić information content (AvgIpc) is 2.46. The van der Waals surface area contributed by atoms with Gasteiger partial charge in [-0.2, -0.15) is 0 Å². The first-order chi connectivity index (χ1) is 9.63. The second-order valence-corrected chi connectivity index (χ2v) is 5.62. The fourth-order valence-corrected chi connectivity index (χ4v) is 2.90. The highest BCUT2D eigenvalue weighted by Crippen LogP contribution is 2.29. The van der Waals surface area contributed by atoms with E-state index in [2.05, 4.69) is 21.2 Å². The summed E-state index contributed by atoms with van der Waals surface area (Å²) in [6.07, 6.45) is 0. The van der Waals surface area contributed by atoms with Gasteiger partial charge in [-0.15, -0.1) is 0 Å². The normalized spacial score (nSPS) is 12.0. The van der Waals surface area contributed by atoms with Crippen molar-refractivity contribution < 1.29 is 4.74 Å². The van der Waals surface area contributed by atoms with Crippen molar-refractivity contribution in [3.63, 3.8) is 0 Å². The van der Waals surface area contributed by atoms with Crippen molar-refractivity contribution >= 4 is 33.2 Å². The lowest BCUT2D eigenvalue weighted by atomic mass is 10.1. The number of nitrogens with one attached hydrogen (secondary N) is 1. The van der Waals surface area contributed by atoms with E-state index in [1.54, 1.807) is 7.11 Å². The molecule has 0 aliphatic heterocycles. The van der Waals surface area contributed by atoms with Crippen molar-refractivity contribution in [1.29, 1.82) is 0 Å². The molecular weight excluding hydrogens is 340 g/mol. The lowest BCUT2D eigenvalue weighted by molar-refractivity contribution is 0.415. The number of ether oxygens (including phenoxy) is 1. The van der Waals surface area contributed by atoms with Crippen LogP contribution < -0.4 is 15.8 Å². The van der Waals surface area contributed by atoms with Crippen LogP contribution in [0.25, 0.3) is 0 Å². The van der Waals surface area contributed by atoms with Gasteiger partial charge >= 0.3 is 0 Å². The Hall–Kier alpha value is -1.23. The number of nitrogens with two attached hydrogens (primary N) is 1. The largest absolute Gasteiger partial charge is 0.497 e. The Morgan fingerprint density at radius 2 is 1.95 bits per heavy atom. The monoisotopic (exact) mass is 354 g/mol. The second kappa shape index (κ2) is 6.97. The zero-order chi connectivity index (χ0) is 14.5. The van der Waals surface area contributed by atoms with Crippen molar-refractivity contribution in [2.45, 2.75) is 6.04 Å². The highest BCUT2D eigenvalue weighted by atomic mass is 79.9. The highest BCUT2D eigenvalue weighted by molar-refractivity contribution is 9.10. The summed E-state index contributed by atoms with van der Waals surface area (Å²) in [5, 5.41) is 4.10. The lowest BCUT2D eigenvalue weighted by Gasteiger charge is -2.20. The van der Waals surface area contributed by atoms with Gasteiger partial charge in [0.15, 0.2) is 0 Å². The van der Waals surface area contributed by atoms with Gasteiger partial charge in [0.1, 0.15) is 5.75 Å².